The summed E-state index contributed by atoms with van der Waals surface area (Å²) in [6.45, 7) is 1.81. The maximum absolute atomic E-state index is 13.9. The molecule has 0 spiro atoms. The molecular weight excluding hydrogens is 432 g/mol. The number of hydrogen-bond acceptors (Lipinski definition) is 4. The van der Waals surface area contributed by atoms with E-state index >= 15 is 0 Å². The fourth-order valence-electron chi connectivity index (χ4n) is 2.67. The van der Waals surface area contributed by atoms with Gasteiger partial charge >= 0.3 is 0 Å². The van der Waals surface area contributed by atoms with E-state index in [0.717, 1.165) is 12.1 Å². The van der Waals surface area contributed by atoms with Crippen LogP contribution in [0.4, 0.5) is 29.3 Å². The van der Waals surface area contributed by atoms with E-state index < -0.39 is 29.0 Å². The van der Waals surface area contributed by atoms with E-state index in [0.29, 0.717) is 5.69 Å². The van der Waals surface area contributed by atoms with E-state index in [1.54, 1.807) is 11.8 Å². The van der Waals surface area contributed by atoms with Crippen molar-refractivity contribution in [1.82, 2.24) is 9.97 Å². The van der Waals surface area contributed by atoms with Gasteiger partial charge in [-0.05, 0) is 35.0 Å². The number of aromatic nitrogens is 2. The zero-order chi connectivity index (χ0) is 19.8. The van der Waals surface area contributed by atoms with Crippen molar-refractivity contribution >= 4 is 33.6 Å². The molecule has 27 heavy (non-hydrogen) atoms. The van der Waals surface area contributed by atoms with Gasteiger partial charge in [0.05, 0.1) is 10.0 Å². The van der Waals surface area contributed by atoms with Crippen LogP contribution in [-0.2, 0) is 0 Å². The smallest absolute Gasteiger partial charge is 0.259 e. The molecule has 144 valence electrons. The van der Waals surface area contributed by atoms with E-state index in [9.17, 15) is 22.4 Å². The molecule has 3 rings (SSSR count). The van der Waals surface area contributed by atoms with E-state index in [-0.39, 0.29) is 42.2 Å². The minimum atomic E-state index is -2.71. The average molecular weight is 447 g/mol. The Hall–Kier alpha value is -2.23. The van der Waals surface area contributed by atoms with Crippen LogP contribution in [-0.4, -0.2) is 34.9 Å². The maximum Gasteiger partial charge on any atom is 0.259 e. The number of piperidine rings is 1. The van der Waals surface area contributed by atoms with Crippen molar-refractivity contribution in [1.29, 1.82) is 0 Å². The van der Waals surface area contributed by atoms with Crippen LogP contribution in [0.15, 0.2) is 22.7 Å². The van der Waals surface area contributed by atoms with Gasteiger partial charge in [-0.1, -0.05) is 0 Å². The lowest BCUT2D eigenvalue weighted by Crippen LogP contribution is -2.40. The largest absolute Gasteiger partial charge is 0.340 e. The van der Waals surface area contributed by atoms with Gasteiger partial charge < -0.3 is 10.2 Å². The number of carbonyl (C=O) groups excluding carboxylic acids is 1. The monoisotopic (exact) mass is 446 g/mol. The number of halogens is 5. The molecular formula is C17H15BrF4N4O. The van der Waals surface area contributed by atoms with Crippen molar-refractivity contribution in [3.63, 3.8) is 0 Å². The summed E-state index contributed by atoms with van der Waals surface area (Å²) in [5, 5.41) is 2.40. The molecule has 0 aliphatic carbocycles. The predicted molar refractivity (Wildman–Crippen MR) is 95.2 cm³/mol. The summed E-state index contributed by atoms with van der Waals surface area (Å²) < 4.78 is 54.1. The molecule has 2 aromatic rings. The van der Waals surface area contributed by atoms with E-state index in [2.05, 4.69) is 31.2 Å². The molecule has 1 N–H and O–H groups in total. The highest BCUT2D eigenvalue weighted by molar-refractivity contribution is 9.10. The number of alkyl halides is 2. The van der Waals surface area contributed by atoms with Gasteiger partial charge in [-0.15, -0.1) is 0 Å². The van der Waals surface area contributed by atoms with Gasteiger partial charge in [0, 0.05) is 37.7 Å². The number of nitrogens with one attached hydrogen (secondary N) is 1. The fourth-order valence-corrected chi connectivity index (χ4v) is 2.99. The van der Waals surface area contributed by atoms with Gasteiger partial charge in [-0.2, -0.15) is 4.98 Å². The number of aryl methyl sites for hydroxylation is 1. The molecule has 0 saturated carbocycles. The summed E-state index contributed by atoms with van der Waals surface area (Å²) >= 11 is 2.84. The van der Waals surface area contributed by atoms with Crippen LogP contribution in [0.5, 0.6) is 0 Å². The van der Waals surface area contributed by atoms with Gasteiger partial charge in [0.1, 0.15) is 17.5 Å². The van der Waals surface area contributed by atoms with Crippen molar-refractivity contribution < 1.29 is 22.4 Å². The third-order valence-corrected chi connectivity index (χ3v) is 4.72. The Morgan fingerprint density at radius 2 is 1.81 bits per heavy atom. The first-order chi connectivity index (χ1) is 12.6. The number of hydrogen-bond donors (Lipinski definition) is 1. The maximum atomic E-state index is 13.9. The topological polar surface area (TPSA) is 58.1 Å². The number of nitrogens with zero attached hydrogens (tertiary/aromatic N) is 3. The highest BCUT2D eigenvalue weighted by Crippen LogP contribution is 2.29. The van der Waals surface area contributed by atoms with Crippen LogP contribution in [0.3, 0.4) is 0 Å². The third-order valence-electron chi connectivity index (χ3n) is 4.12. The van der Waals surface area contributed by atoms with Crippen LogP contribution >= 0.6 is 15.9 Å². The molecule has 1 aromatic heterocycles. The lowest BCUT2D eigenvalue weighted by atomic mass is 10.1. The first kappa shape index (κ1) is 19.5. The Balaban J connectivity index is 1.81. The average Bonchev–Trinajstić information content (AvgIpc) is 2.57. The quantitative estimate of drug-likeness (QED) is 0.563. The standard InChI is InChI=1S/C17H15BrF4N4O/c1-9-6-14(24-15(27)10-7-13(20)11(18)8-12(10)19)25-16(23-9)26-4-2-17(21,22)3-5-26/h6-8H,2-5H2,1H3,(H,23,24,25,27). The van der Waals surface area contributed by atoms with Crippen molar-refractivity contribution in [2.45, 2.75) is 25.7 Å². The molecule has 0 unspecified atom stereocenters. The van der Waals surface area contributed by atoms with Crippen molar-refractivity contribution in [2.75, 3.05) is 23.3 Å². The van der Waals surface area contributed by atoms with Gasteiger partial charge in [-0.3, -0.25) is 4.79 Å². The lowest BCUT2D eigenvalue weighted by Gasteiger charge is -2.31. The van der Waals surface area contributed by atoms with Crippen LogP contribution < -0.4 is 10.2 Å². The molecule has 0 atom stereocenters. The van der Waals surface area contributed by atoms with Crippen LogP contribution in [0, 0.1) is 18.6 Å². The Kier molecular flexibility index (Phi) is 5.36. The summed E-state index contributed by atoms with van der Waals surface area (Å²) in [5.74, 6) is -5.00. The number of rotatable bonds is 3. The van der Waals surface area contributed by atoms with E-state index in [1.165, 1.54) is 6.07 Å². The second-order valence-electron chi connectivity index (χ2n) is 6.24. The number of benzene rings is 1. The van der Waals surface area contributed by atoms with E-state index in [4.69, 9.17) is 0 Å². The van der Waals surface area contributed by atoms with Gasteiger partial charge in [0.15, 0.2) is 0 Å². The zero-order valence-corrected chi connectivity index (χ0v) is 15.8. The molecule has 1 aliphatic rings. The summed E-state index contributed by atoms with van der Waals surface area (Å²) in [5.41, 5.74) is 0.0150. The minimum absolute atomic E-state index is 0.0718. The SMILES string of the molecule is Cc1cc(NC(=O)c2cc(F)c(Br)cc2F)nc(N2CCC(F)(F)CC2)n1. The Morgan fingerprint density at radius 3 is 2.48 bits per heavy atom. The first-order valence-corrected chi connectivity index (χ1v) is 8.88. The number of anilines is 2. The minimum Gasteiger partial charge on any atom is -0.340 e. The zero-order valence-electron chi connectivity index (χ0n) is 14.2. The summed E-state index contributed by atoms with van der Waals surface area (Å²) in [4.78, 5) is 22.2. The van der Waals surface area contributed by atoms with Crippen LogP contribution in [0.2, 0.25) is 0 Å². The molecule has 5 nitrogen and oxygen atoms in total. The van der Waals surface area contributed by atoms with Crippen molar-refractivity contribution in [3.05, 3.63) is 45.6 Å². The normalized spacial score (nSPS) is 16.3. The summed E-state index contributed by atoms with van der Waals surface area (Å²) in [6.07, 6.45) is -0.620. The van der Waals surface area contributed by atoms with E-state index in [1.807, 2.05) is 0 Å². The molecule has 1 saturated heterocycles. The number of amides is 1. The van der Waals surface area contributed by atoms with Crippen LogP contribution in [0.25, 0.3) is 0 Å². The molecule has 2 heterocycles. The lowest BCUT2D eigenvalue weighted by molar-refractivity contribution is -0.0222. The Labute approximate surface area is 160 Å². The highest BCUT2D eigenvalue weighted by Gasteiger charge is 2.35. The predicted octanol–water partition coefficient (Wildman–Crippen LogP) is 4.31. The number of carbonyl (C=O) groups is 1. The second-order valence-corrected chi connectivity index (χ2v) is 7.09. The molecule has 1 aliphatic heterocycles. The molecule has 10 heteroatoms. The second kappa shape index (κ2) is 7.41. The molecule has 1 fully saturated rings. The molecule has 0 bridgehead atoms. The summed E-state index contributed by atoms with van der Waals surface area (Å²) in [6, 6.07) is 3.08. The first-order valence-electron chi connectivity index (χ1n) is 8.09. The highest BCUT2D eigenvalue weighted by atomic mass is 79.9. The van der Waals surface area contributed by atoms with Gasteiger partial charge in [0.2, 0.25) is 5.95 Å². The Bertz CT molecular complexity index is 883. The van der Waals surface area contributed by atoms with Gasteiger partial charge in [0.25, 0.3) is 11.8 Å². The third kappa shape index (κ3) is 4.55. The molecule has 1 aromatic carbocycles. The fraction of sp³-hybridized carbons (Fsp3) is 0.353. The van der Waals surface area contributed by atoms with Crippen molar-refractivity contribution in [2.24, 2.45) is 0 Å². The van der Waals surface area contributed by atoms with Crippen molar-refractivity contribution in [3.8, 4) is 0 Å². The Morgan fingerprint density at radius 1 is 1.15 bits per heavy atom. The van der Waals surface area contributed by atoms with Gasteiger partial charge in [-0.25, -0.2) is 22.5 Å². The molecule has 0 radical (unpaired) electrons. The molecule has 1 amide bonds. The summed E-state index contributed by atoms with van der Waals surface area (Å²) in [7, 11) is 0. The van der Waals surface area contributed by atoms with Crippen LogP contribution in [0.1, 0.15) is 28.9 Å².